The Morgan fingerprint density at radius 2 is 2.07 bits per heavy atom. The number of hydrogen-bond donors (Lipinski definition) is 3. The van der Waals surface area contributed by atoms with Crippen molar-refractivity contribution in [2.24, 2.45) is 0 Å². The summed E-state index contributed by atoms with van der Waals surface area (Å²) in [6.07, 6.45) is 0. The van der Waals surface area contributed by atoms with Gasteiger partial charge in [0.25, 0.3) is 0 Å². The van der Waals surface area contributed by atoms with E-state index in [1.165, 1.54) is 0 Å². The van der Waals surface area contributed by atoms with Crippen molar-refractivity contribution in [3.8, 4) is 0 Å². The summed E-state index contributed by atoms with van der Waals surface area (Å²) < 4.78 is 0.874. The highest BCUT2D eigenvalue weighted by molar-refractivity contribution is 7.71. The van der Waals surface area contributed by atoms with Crippen molar-refractivity contribution in [1.29, 1.82) is 0 Å². The lowest BCUT2D eigenvalue weighted by atomic mass is 10.6. The molecule has 1 aromatic heterocycles. The lowest BCUT2D eigenvalue weighted by Crippen LogP contribution is -2.21. The summed E-state index contributed by atoms with van der Waals surface area (Å²) in [4.78, 5) is 11.7. The van der Waals surface area contributed by atoms with E-state index in [0.717, 1.165) is 13.1 Å². The maximum absolute atomic E-state index is 4.92. The Hall–Kier alpha value is -0.790. The Morgan fingerprint density at radius 1 is 1.36 bits per heavy atom. The molecule has 0 aromatic carbocycles. The number of nitrogens with zero attached hydrogens (tertiary/aromatic N) is 2. The minimum absolute atomic E-state index is 0.390. The van der Waals surface area contributed by atoms with Crippen molar-refractivity contribution in [1.82, 2.24) is 19.9 Å². The second-order valence-electron chi connectivity index (χ2n) is 3.07. The predicted octanol–water partition coefficient (Wildman–Crippen LogP) is 1.17. The van der Waals surface area contributed by atoms with E-state index in [4.69, 9.17) is 24.4 Å². The summed E-state index contributed by atoms with van der Waals surface area (Å²) >= 11 is 9.81. The van der Waals surface area contributed by atoms with Crippen LogP contribution in [0.2, 0.25) is 0 Å². The maximum Gasteiger partial charge on any atom is 0.205 e. The van der Waals surface area contributed by atoms with E-state index in [1.54, 1.807) is 0 Å². The smallest absolute Gasteiger partial charge is 0.205 e. The molecule has 0 aliphatic carbocycles. The number of rotatable bonds is 4. The molecular weight excluding hydrogens is 218 g/mol. The second-order valence-corrected chi connectivity index (χ2v) is 3.87. The highest BCUT2D eigenvalue weighted by Gasteiger charge is 1.94. The standard InChI is InChI=1S/C7H13N5S2/c1-12(2)4-3-8-5-9-6(13)11-7(14)10-5/h3-4H2,1-2H3,(H3,8,9,10,11,13,14). The molecule has 78 valence electrons. The number of aromatic amines is 2. The number of hydrogen-bond acceptors (Lipinski definition) is 5. The van der Waals surface area contributed by atoms with Gasteiger partial charge in [-0.25, -0.2) is 0 Å². The van der Waals surface area contributed by atoms with Crippen LogP contribution in [0.4, 0.5) is 5.95 Å². The molecule has 7 heteroatoms. The second kappa shape index (κ2) is 5.18. The molecule has 0 amide bonds. The summed E-state index contributed by atoms with van der Waals surface area (Å²) in [7, 11) is 4.02. The fraction of sp³-hybridized carbons (Fsp3) is 0.571. The van der Waals surface area contributed by atoms with E-state index in [2.05, 4.69) is 25.2 Å². The van der Waals surface area contributed by atoms with E-state index < -0.39 is 0 Å². The number of anilines is 1. The van der Waals surface area contributed by atoms with Gasteiger partial charge in [-0.1, -0.05) is 0 Å². The van der Waals surface area contributed by atoms with E-state index in [1.807, 2.05) is 14.1 Å². The van der Waals surface area contributed by atoms with Crippen LogP contribution in [0.3, 0.4) is 0 Å². The van der Waals surface area contributed by atoms with Crippen LogP contribution >= 0.6 is 24.4 Å². The SMILES string of the molecule is CN(C)CCNc1nc(=S)[nH]c(=S)[nH]1. The topological polar surface area (TPSA) is 59.7 Å². The molecule has 0 spiro atoms. The van der Waals surface area contributed by atoms with Gasteiger partial charge >= 0.3 is 0 Å². The summed E-state index contributed by atoms with van der Waals surface area (Å²) in [6.45, 7) is 1.72. The molecule has 1 aromatic rings. The molecule has 1 heterocycles. The van der Waals surface area contributed by atoms with E-state index in [0.29, 0.717) is 15.5 Å². The lowest BCUT2D eigenvalue weighted by Gasteiger charge is -2.10. The molecule has 0 unspecified atom stereocenters. The third-order valence-electron chi connectivity index (χ3n) is 1.52. The van der Waals surface area contributed by atoms with Crippen LogP contribution in [-0.2, 0) is 0 Å². The normalized spacial score (nSPS) is 10.5. The summed E-state index contributed by atoms with van der Waals surface area (Å²) in [5, 5.41) is 3.10. The van der Waals surface area contributed by atoms with Gasteiger partial charge in [-0.05, 0) is 38.5 Å². The molecule has 0 saturated carbocycles. The summed E-state index contributed by atoms with van der Waals surface area (Å²) in [5.74, 6) is 0.612. The Bertz CT molecular complexity index is 365. The van der Waals surface area contributed by atoms with Crippen molar-refractivity contribution >= 4 is 30.4 Å². The molecule has 0 radical (unpaired) electrons. The van der Waals surface area contributed by atoms with Crippen LogP contribution in [-0.4, -0.2) is 47.0 Å². The maximum atomic E-state index is 4.92. The van der Waals surface area contributed by atoms with Crippen LogP contribution < -0.4 is 5.32 Å². The van der Waals surface area contributed by atoms with Gasteiger partial charge < -0.3 is 20.2 Å². The predicted molar refractivity (Wildman–Crippen MR) is 61.7 cm³/mol. The van der Waals surface area contributed by atoms with Crippen molar-refractivity contribution in [3.63, 3.8) is 0 Å². The molecule has 0 atom stereocenters. The Balaban J connectivity index is 2.59. The van der Waals surface area contributed by atoms with Crippen LogP contribution in [0.15, 0.2) is 0 Å². The van der Waals surface area contributed by atoms with Crippen LogP contribution in [0.25, 0.3) is 0 Å². The zero-order chi connectivity index (χ0) is 10.6. The van der Waals surface area contributed by atoms with Gasteiger partial charge in [-0.3, -0.25) is 0 Å². The molecular formula is C7H13N5S2. The lowest BCUT2D eigenvalue weighted by molar-refractivity contribution is 0.425. The average Bonchev–Trinajstić information content (AvgIpc) is 2.01. The summed E-state index contributed by atoms with van der Waals surface area (Å²) in [5.41, 5.74) is 0. The summed E-state index contributed by atoms with van der Waals surface area (Å²) in [6, 6.07) is 0. The number of aromatic nitrogens is 3. The minimum atomic E-state index is 0.390. The van der Waals surface area contributed by atoms with Gasteiger partial charge in [0.05, 0.1) is 0 Å². The third kappa shape index (κ3) is 3.95. The first-order chi connectivity index (χ1) is 6.58. The first-order valence-corrected chi connectivity index (χ1v) is 4.99. The Kier molecular flexibility index (Phi) is 4.18. The number of likely N-dealkylation sites (N-methyl/N-ethyl adjacent to an activating group) is 1. The molecule has 5 nitrogen and oxygen atoms in total. The molecule has 3 N–H and O–H groups in total. The van der Waals surface area contributed by atoms with E-state index >= 15 is 0 Å². The molecule has 14 heavy (non-hydrogen) atoms. The van der Waals surface area contributed by atoms with Gasteiger partial charge in [-0.2, -0.15) is 4.98 Å². The zero-order valence-electron chi connectivity index (χ0n) is 8.13. The van der Waals surface area contributed by atoms with Gasteiger partial charge in [0.15, 0.2) is 4.77 Å². The van der Waals surface area contributed by atoms with E-state index in [-0.39, 0.29) is 0 Å². The van der Waals surface area contributed by atoms with Crippen molar-refractivity contribution in [2.45, 2.75) is 0 Å². The highest BCUT2D eigenvalue weighted by Crippen LogP contribution is 1.94. The largest absolute Gasteiger partial charge is 0.354 e. The fourth-order valence-electron chi connectivity index (χ4n) is 0.875. The Morgan fingerprint density at radius 3 is 2.64 bits per heavy atom. The van der Waals surface area contributed by atoms with E-state index in [9.17, 15) is 0 Å². The minimum Gasteiger partial charge on any atom is -0.354 e. The molecule has 0 saturated heterocycles. The van der Waals surface area contributed by atoms with Crippen molar-refractivity contribution in [2.75, 3.05) is 32.5 Å². The number of H-pyrrole nitrogens is 2. The molecule has 0 bridgehead atoms. The molecule has 0 fully saturated rings. The van der Waals surface area contributed by atoms with Gasteiger partial charge in [0, 0.05) is 13.1 Å². The zero-order valence-corrected chi connectivity index (χ0v) is 9.76. The quantitative estimate of drug-likeness (QED) is 0.679. The fourth-order valence-corrected chi connectivity index (χ4v) is 1.33. The first kappa shape index (κ1) is 11.3. The van der Waals surface area contributed by atoms with Gasteiger partial charge in [-0.15, -0.1) is 0 Å². The van der Waals surface area contributed by atoms with Gasteiger partial charge in [0.2, 0.25) is 10.7 Å². The Labute approximate surface area is 92.6 Å². The van der Waals surface area contributed by atoms with Crippen LogP contribution in [0.1, 0.15) is 0 Å². The van der Waals surface area contributed by atoms with Crippen LogP contribution in [0.5, 0.6) is 0 Å². The highest BCUT2D eigenvalue weighted by atomic mass is 32.1. The molecule has 1 rings (SSSR count). The number of nitrogens with one attached hydrogen (secondary N) is 3. The van der Waals surface area contributed by atoms with Gasteiger partial charge in [0.1, 0.15) is 0 Å². The van der Waals surface area contributed by atoms with Crippen LogP contribution in [0, 0.1) is 9.54 Å². The van der Waals surface area contributed by atoms with Crippen molar-refractivity contribution in [3.05, 3.63) is 9.54 Å². The average molecular weight is 231 g/mol. The third-order valence-corrected chi connectivity index (χ3v) is 1.91. The first-order valence-electron chi connectivity index (χ1n) is 4.17. The monoisotopic (exact) mass is 231 g/mol. The molecule has 0 aliphatic heterocycles. The molecule has 0 aliphatic rings. The van der Waals surface area contributed by atoms with Crippen molar-refractivity contribution < 1.29 is 0 Å².